The molecule has 0 saturated carbocycles. The molecule has 78 valence electrons. The Bertz CT molecular complexity index is 232. The van der Waals surface area contributed by atoms with Crippen molar-refractivity contribution in [3.63, 3.8) is 0 Å². The van der Waals surface area contributed by atoms with Crippen molar-refractivity contribution in [1.29, 1.82) is 0 Å². The highest BCUT2D eigenvalue weighted by molar-refractivity contribution is 6.25. The highest BCUT2D eigenvalue weighted by Gasteiger charge is 1.91. The smallest absolute Gasteiger partial charge is 0.356 e. The number of aliphatic imine (C=N–C) groups is 2. The van der Waals surface area contributed by atoms with Gasteiger partial charge in [-0.2, -0.15) is 9.98 Å². The van der Waals surface area contributed by atoms with Gasteiger partial charge in [0.2, 0.25) is 5.91 Å². The number of carbonyl (C=O) groups is 2. The molecule has 0 unspecified atom stereocenters. The zero-order valence-electron chi connectivity index (χ0n) is 8.49. The predicted octanol–water partition coefficient (Wildman–Crippen LogP) is 1.18. The molecular formula is C9H15N3O2. The van der Waals surface area contributed by atoms with E-state index in [0.29, 0.717) is 6.42 Å². The van der Waals surface area contributed by atoms with Gasteiger partial charge in [-0.15, -0.1) is 0 Å². The van der Waals surface area contributed by atoms with Gasteiger partial charge >= 0.3 is 6.03 Å². The summed E-state index contributed by atoms with van der Waals surface area (Å²) in [5, 5.41) is 2.74. The summed E-state index contributed by atoms with van der Waals surface area (Å²) in [4.78, 5) is 26.8. The number of hydrogen-bond acceptors (Lipinski definition) is 2. The van der Waals surface area contributed by atoms with Crippen LogP contribution in [-0.2, 0) is 4.79 Å². The van der Waals surface area contributed by atoms with Gasteiger partial charge in [0, 0.05) is 13.0 Å². The van der Waals surface area contributed by atoms with Crippen LogP contribution in [0.1, 0.15) is 26.7 Å². The van der Waals surface area contributed by atoms with E-state index in [0.717, 1.165) is 13.0 Å². The number of hydrogen-bond donors (Lipinski definition) is 1. The molecule has 1 aliphatic heterocycles. The number of urea groups is 1. The molecule has 3 amide bonds. The van der Waals surface area contributed by atoms with Crippen LogP contribution in [0.2, 0.25) is 0 Å². The van der Waals surface area contributed by atoms with Crippen LogP contribution in [0.4, 0.5) is 4.79 Å². The molecule has 0 aromatic heterocycles. The Hall–Kier alpha value is -1.52. The van der Waals surface area contributed by atoms with E-state index in [1.54, 1.807) is 0 Å². The maximum Gasteiger partial charge on any atom is 0.367 e. The zero-order valence-corrected chi connectivity index (χ0v) is 8.49. The first-order valence-electron chi connectivity index (χ1n) is 4.58. The zero-order chi connectivity index (χ0) is 10.8. The fourth-order valence-electron chi connectivity index (χ4n) is 0.617. The van der Waals surface area contributed by atoms with Gasteiger partial charge < -0.3 is 5.32 Å². The van der Waals surface area contributed by atoms with Crippen molar-refractivity contribution in [2.75, 3.05) is 6.54 Å². The van der Waals surface area contributed by atoms with Crippen LogP contribution >= 0.6 is 0 Å². The molecule has 1 N–H and O–H groups in total. The molecule has 0 atom stereocenters. The minimum atomic E-state index is -0.407. The minimum Gasteiger partial charge on any atom is -0.356 e. The topological polar surface area (TPSA) is 70.9 Å². The van der Waals surface area contributed by atoms with E-state index < -0.39 is 6.03 Å². The molecule has 0 aromatic carbocycles. The number of rotatable bonds is 3. The van der Waals surface area contributed by atoms with Gasteiger partial charge in [-0.3, -0.25) is 4.79 Å². The molecule has 0 radical (unpaired) electrons. The normalized spacial score (nSPS) is 12.3. The standard InChI is InChI=1S/C6H13NO.C3H2N2O/c1-3-5-7-6(8)4-2;6-3-4-1-2-5-3/h3-5H2,1-2H3,(H,7,8);1-2H. The summed E-state index contributed by atoms with van der Waals surface area (Å²) in [5.41, 5.74) is 0. The summed E-state index contributed by atoms with van der Waals surface area (Å²) in [7, 11) is 0. The third-order valence-electron chi connectivity index (χ3n) is 1.33. The second-order valence-corrected chi connectivity index (χ2v) is 2.54. The largest absolute Gasteiger partial charge is 0.367 e. The van der Waals surface area contributed by atoms with Crippen molar-refractivity contribution in [1.82, 2.24) is 5.32 Å². The second-order valence-electron chi connectivity index (χ2n) is 2.54. The van der Waals surface area contributed by atoms with Crippen LogP contribution in [-0.4, -0.2) is 30.9 Å². The highest BCUT2D eigenvalue weighted by Crippen LogP contribution is 1.81. The maximum atomic E-state index is 10.5. The van der Waals surface area contributed by atoms with Crippen molar-refractivity contribution in [3.05, 3.63) is 0 Å². The van der Waals surface area contributed by atoms with Crippen LogP contribution in [0.15, 0.2) is 9.98 Å². The van der Waals surface area contributed by atoms with E-state index >= 15 is 0 Å². The van der Waals surface area contributed by atoms with Crippen molar-refractivity contribution >= 4 is 24.4 Å². The van der Waals surface area contributed by atoms with E-state index in [2.05, 4.69) is 15.3 Å². The SMILES string of the molecule is CCCNC(=O)CC.O=C1N=CC=N1. The van der Waals surface area contributed by atoms with Crippen LogP contribution in [0, 0.1) is 0 Å². The molecule has 0 aromatic rings. The molecular weight excluding hydrogens is 182 g/mol. The van der Waals surface area contributed by atoms with Crippen LogP contribution in [0.5, 0.6) is 0 Å². The molecule has 0 fully saturated rings. The molecule has 14 heavy (non-hydrogen) atoms. The van der Waals surface area contributed by atoms with Crippen LogP contribution in [0.25, 0.3) is 0 Å². The minimum absolute atomic E-state index is 0.145. The Morgan fingerprint density at radius 2 is 1.93 bits per heavy atom. The lowest BCUT2D eigenvalue weighted by Crippen LogP contribution is -2.22. The van der Waals surface area contributed by atoms with Crippen molar-refractivity contribution in [2.24, 2.45) is 9.98 Å². The first-order chi connectivity index (χ1) is 6.70. The fraction of sp³-hybridized carbons (Fsp3) is 0.556. The van der Waals surface area contributed by atoms with Gasteiger partial charge in [-0.25, -0.2) is 4.79 Å². The Balaban J connectivity index is 0.000000249. The summed E-state index contributed by atoms with van der Waals surface area (Å²) in [6.45, 7) is 4.70. The molecule has 0 aliphatic carbocycles. The second kappa shape index (κ2) is 8.10. The first-order valence-corrected chi connectivity index (χ1v) is 4.58. The predicted molar refractivity (Wildman–Crippen MR) is 56.0 cm³/mol. The number of carbonyl (C=O) groups excluding carboxylic acids is 2. The lowest BCUT2D eigenvalue weighted by Gasteiger charge is -1.97. The molecule has 1 aliphatic rings. The summed E-state index contributed by atoms with van der Waals surface area (Å²) in [6.07, 6.45) is 4.34. The van der Waals surface area contributed by atoms with Gasteiger partial charge in [-0.1, -0.05) is 13.8 Å². The van der Waals surface area contributed by atoms with Gasteiger partial charge in [0.05, 0.1) is 12.4 Å². The summed E-state index contributed by atoms with van der Waals surface area (Å²) in [6, 6.07) is -0.407. The number of nitrogens with one attached hydrogen (secondary N) is 1. The highest BCUT2D eigenvalue weighted by atomic mass is 16.2. The fourth-order valence-corrected chi connectivity index (χ4v) is 0.617. The maximum absolute atomic E-state index is 10.5. The Morgan fingerprint density at radius 1 is 1.36 bits per heavy atom. The third-order valence-corrected chi connectivity index (χ3v) is 1.33. The van der Waals surface area contributed by atoms with E-state index in [1.165, 1.54) is 12.4 Å². The molecule has 0 spiro atoms. The van der Waals surface area contributed by atoms with Crippen molar-refractivity contribution in [3.8, 4) is 0 Å². The Labute approximate surface area is 83.3 Å². The molecule has 5 nitrogen and oxygen atoms in total. The summed E-state index contributed by atoms with van der Waals surface area (Å²) >= 11 is 0. The first kappa shape index (κ1) is 12.5. The third kappa shape index (κ3) is 7.15. The Kier molecular flexibility index (Phi) is 7.22. The molecule has 5 heteroatoms. The van der Waals surface area contributed by atoms with Crippen LogP contribution in [0.3, 0.4) is 0 Å². The van der Waals surface area contributed by atoms with E-state index in [-0.39, 0.29) is 5.91 Å². The van der Waals surface area contributed by atoms with E-state index in [1.807, 2.05) is 13.8 Å². The van der Waals surface area contributed by atoms with E-state index in [9.17, 15) is 9.59 Å². The lowest BCUT2D eigenvalue weighted by molar-refractivity contribution is -0.120. The van der Waals surface area contributed by atoms with Crippen molar-refractivity contribution in [2.45, 2.75) is 26.7 Å². The molecule has 0 bridgehead atoms. The number of amides is 3. The average molecular weight is 197 g/mol. The average Bonchev–Trinajstić information content (AvgIpc) is 2.66. The van der Waals surface area contributed by atoms with Gasteiger partial charge in [0.15, 0.2) is 0 Å². The molecule has 0 saturated heterocycles. The molecule has 1 heterocycles. The van der Waals surface area contributed by atoms with Crippen LogP contribution < -0.4 is 5.32 Å². The summed E-state index contributed by atoms with van der Waals surface area (Å²) in [5.74, 6) is 0.145. The Morgan fingerprint density at radius 3 is 2.21 bits per heavy atom. The van der Waals surface area contributed by atoms with Gasteiger partial charge in [-0.05, 0) is 6.42 Å². The van der Waals surface area contributed by atoms with E-state index in [4.69, 9.17) is 0 Å². The quantitative estimate of drug-likeness (QED) is 0.738. The molecule has 1 rings (SSSR count). The monoisotopic (exact) mass is 197 g/mol. The number of nitrogens with zero attached hydrogens (tertiary/aromatic N) is 2. The van der Waals surface area contributed by atoms with Gasteiger partial charge in [0.25, 0.3) is 0 Å². The summed E-state index contributed by atoms with van der Waals surface area (Å²) < 4.78 is 0. The van der Waals surface area contributed by atoms with Crippen molar-refractivity contribution < 1.29 is 9.59 Å². The van der Waals surface area contributed by atoms with Gasteiger partial charge in [0.1, 0.15) is 0 Å². The lowest BCUT2D eigenvalue weighted by atomic mass is 10.4.